The van der Waals surface area contributed by atoms with Crippen LogP contribution >= 0.6 is 23.8 Å². The molecule has 3 nitrogen and oxygen atoms in total. The van der Waals surface area contributed by atoms with Crippen LogP contribution in [0.15, 0.2) is 29.3 Å². The van der Waals surface area contributed by atoms with E-state index in [0.29, 0.717) is 10.1 Å². The molecule has 0 saturated carbocycles. The van der Waals surface area contributed by atoms with E-state index in [0.717, 1.165) is 24.6 Å². The van der Waals surface area contributed by atoms with Gasteiger partial charge < -0.3 is 10.2 Å². The summed E-state index contributed by atoms with van der Waals surface area (Å²) in [6.07, 6.45) is 0. The minimum absolute atomic E-state index is 0.460. The molecule has 1 aromatic carbocycles. The van der Waals surface area contributed by atoms with Crippen LogP contribution in [0, 0.1) is 0 Å². The Hall–Kier alpha value is -1.13. The fourth-order valence-electron chi connectivity index (χ4n) is 1.58. The standard InChI is InChI=1S/C13H18ClN3S/c1-4-17(5-2)10(3)15-13(18)16-12-8-6-11(14)7-9-12/h6-9H,4-5H2,1-3H3,(H,16,18)/b15-10+. The van der Waals surface area contributed by atoms with Crippen molar-refractivity contribution in [1.82, 2.24) is 4.90 Å². The number of aliphatic imine (C=N–C) groups is 1. The van der Waals surface area contributed by atoms with E-state index in [-0.39, 0.29) is 0 Å². The second kappa shape index (κ2) is 7.34. The van der Waals surface area contributed by atoms with E-state index in [1.165, 1.54) is 0 Å². The summed E-state index contributed by atoms with van der Waals surface area (Å²) in [5, 5.41) is 4.22. The molecule has 98 valence electrons. The van der Waals surface area contributed by atoms with Crippen molar-refractivity contribution in [3.05, 3.63) is 29.3 Å². The van der Waals surface area contributed by atoms with Crippen LogP contribution in [0.1, 0.15) is 20.8 Å². The summed E-state index contributed by atoms with van der Waals surface area (Å²) in [6.45, 7) is 8.00. The van der Waals surface area contributed by atoms with Crippen molar-refractivity contribution in [2.75, 3.05) is 18.4 Å². The maximum absolute atomic E-state index is 5.82. The van der Waals surface area contributed by atoms with Crippen molar-refractivity contribution < 1.29 is 0 Å². The quantitative estimate of drug-likeness (QED) is 0.519. The molecule has 0 amide bonds. The Morgan fingerprint density at radius 3 is 2.33 bits per heavy atom. The zero-order valence-electron chi connectivity index (χ0n) is 10.9. The van der Waals surface area contributed by atoms with Crippen molar-refractivity contribution in [2.45, 2.75) is 20.8 Å². The molecule has 0 atom stereocenters. The molecular weight excluding hydrogens is 266 g/mol. The third-order valence-corrected chi connectivity index (χ3v) is 3.03. The van der Waals surface area contributed by atoms with Gasteiger partial charge in [-0.3, -0.25) is 0 Å². The van der Waals surface area contributed by atoms with E-state index in [1.54, 1.807) is 0 Å². The third kappa shape index (κ3) is 4.63. The molecule has 18 heavy (non-hydrogen) atoms. The number of rotatable bonds is 3. The second-order valence-electron chi connectivity index (χ2n) is 3.77. The Morgan fingerprint density at radius 2 is 1.83 bits per heavy atom. The maximum atomic E-state index is 5.82. The highest BCUT2D eigenvalue weighted by atomic mass is 35.5. The molecule has 0 spiro atoms. The molecule has 0 fully saturated rings. The van der Waals surface area contributed by atoms with Crippen molar-refractivity contribution >= 4 is 40.5 Å². The molecule has 0 aliphatic rings. The van der Waals surface area contributed by atoms with E-state index in [1.807, 2.05) is 31.2 Å². The number of halogens is 1. The number of nitrogens with one attached hydrogen (secondary N) is 1. The topological polar surface area (TPSA) is 27.6 Å². The first-order chi connectivity index (χ1) is 8.56. The van der Waals surface area contributed by atoms with Crippen LogP contribution in [0.2, 0.25) is 5.02 Å². The number of benzene rings is 1. The molecule has 0 heterocycles. The van der Waals surface area contributed by atoms with Gasteiger partial charge in [0.1, 0.15) is 5.84 Å². The average molecular weight is 284 g/mol. The van der Waals surface area contributed by atoms with Crippen molar-refractivity contribution in [3.8, 4) is 0 Å². The highest BCUT2D eigenvalue weighted by molar-refractivity contribution is 7.80. The summed E-state index contributed by atoms with van der Waals surface area (Å²) < 4.78 is 0. The Morgan fingerprint density at radius 1 is 1.28 bits per heavy atom. The molecule has 1 aromatic rings. The van der Waals surface area contributed by atoms with Crippen molar-refractivity contribution in [1.29, 1.82) is 0 Å². The molecule has 0 saturated heterocycles. The molecular formula is C13H18ClN3S. The molecule has 0 aliphatic carbocycles. The Kier molecular flexibility index (Phi) is 6.09. The van der Waals surface area contributed by atoms with Crippen molar-refractivity contribution in [3.63, 3.8) is 0 Å². The molecule has 0 radical (unpaired) electrons. The number of anilines is 1. The first kappa shape index (κ1) is 14.9. The summed E-state index contributed by atoms with van der Waals surface area (Å²) in [5.41, 5.74) is 0.889. The SMILES string of the molecule is CCN(CC)/C(C)=N/C(=S)Nc1ccc(Cl)cc1. The lowest BCUT2D eigenvalue weighted by Crippen LogP contribution is -2.29. The van der Waals surface area contributed by atoms with Gasteiger partial charge in [-0.1, -0.05) is 11.6 Å². The lowest BCUT2D eigenvalue weighted by atomic mass is 10.3. The van der Waals surface area contributed by atoms with Gasteiger partial charge in [0, 0.05) is 23.8 Å². The van der Waals surface area contributed by atoms with Crippen molar-refractivity contribution in [2.24, 2.45) is 4.99 Å². The third-order valence-electron chi connectivity index (χ3n) is 2.58. The highest BCUT2D eigenvalue weighted by Gasteiger charge is 2.03. The normalized spacial score (nSPS) is 11.2. The Balaban J connectivity index is 2.66. The number of hydrogen-bond acceptors (Lipinski definition) is 1. The lowest BCUT2D eigenvalue weighted by Gasteiger charge is -2.20. The van der Waals surface area contributed by atoms with Crippen LogP contribution in [0.4, 0.5) is 5.69 Å². The summed E-state index contributed by atoms with van der Waals surface area (Å²) in [5.74, 6) is 0.923. The number of amidine groups is 1. The van der Waals surface area contributed by atoms with E-state index in [9.17, 15) is 0 Å². The number of nitrogens with zero attached hydrogens (tertiary/aromatic N) is 2. The van der Waals surface area contributed by atoms with Gasteiger partial charge in [-0.05, 0) is 57.3 Å². The summed E-state index contributed by atoms with van der Waals surface area (Å²) >= 11 is 11.0. The van der Waals surface area contributed by atoms with E-state index in [2.05, 4.69) is 29.1 Å². The van der Waals surface area contributed by atoms with Crippen LogP contribution in [0.3, 0.4) is 0 Å². The highest BCUT2D eigenvalue weighted by Crippen LogP contribution is 2.13. The molecule has 0 aliphatic heterocycles. The van der Waals surface area contributed by atoms with Gasteiger partial charge in [0.15, 0.2) is 5.11 Å². The maximum Gasteiger partial charge on any atom is 0.198 e. The fraction of sp³-hybridized carbons (Fsp3) is 0.385. The monoisotopic (exact) mass is 283 g/mol. The largest absolute Gasteiger partial charge is 0.361 e. The van der Waals surface area contributed by atoms with Crippen LogP contribution < -0.4 is 5.32 Å². The molecule has 0 aromatic heterocycles. The lowest BCUT2D eigenvalue weighted by molar-refractivity contribution is 0.463. The van der Waals surface area contributed by atoms with Gasteiger partial charge in [0.25, 0.3) is 0 Å². The summed E-state index contributed by atoms with van der Waals surface area (Å²) in [7, 11) is 0. The van der Waals surface area contributed by atoms with Gasteiger partial charge in [-0.2, -0.15) is 0 Å². The summed E-state index contributed by atoms with van der Waals surface area (Å²) in [4.78, 5) is 6.52. The molecule has 5 heteroatoms. The molecule has 0 bridgehead atoms. The Bertz CT molecular complexity index is 424. The fourth-order valence-corrected chi connectivity index (χ4v) is 1.96. The molecule has 1 rings (SSSR count). The predicted molar refractivity (Wildman–Crippen MR) is 83.7 cm³/mol. The van der Waals surface area contributed by atoms with Crippen LogP contribution in [0.5, 0.6) is 0 Å². The van der Waals surface area contributed by atoms with E-state index >= 15 is 0 Å². The number of thiocarbonyl (C=S) groups is 1. The van der Waals surface area contributed by atoms with Gasteiger partial charge in [-0.15, -0.1) is 0 Å². The van der Waals surface area contributed by atoms with Gasteiger partial charge in [-0.25, -0.2) is 4.99 Å². The van der Waals surface area contributed by atoms with Crippen LogP contribution in [-0.2, 0) is 0 Å². The van der Waals surface area contributed by atoms with E-state index in [4.69, 9.17) is 23.8 Å². The Labute approximate surface area is 119 Å². The zero-order valence-corrected chi connectivity index (χ0v) is 12.5. The first-order valence-electron chi connectivity index (χ1n) is 5.93. The summed E-state index contributed by atoms with van der Waals surface area (Å²) in [6, 6.07) is 7.37. The molecule has 1 N–H and O–H groups in total. The first-order valence-corrected chi connectivity index (χ1v) is 6.72. The average Bonchev–Trinajstić information content (AvgIpc) is 2.33. The van der Waals surface area contributed by atoms with Gasteiger partial charge >= 0.3 is 0 Å². The second-order valence-corrected chi connectivity index (χ2v) is 4.59. The minimum atomic E-state index is 0.460. The van der Waals surface area contributed by atoms with Crippen LogP contribution in [-0.4, -0.2) is 28.9 Å². The molecule has 0 unspecified atom stereocenters. The smallest absolute Gasteiger partial charge is 0.198 e. The number of hydrogen-bond donors (Lipinski definition) is 1. The van der Waals surface area contributed by atoms with Gasteiger partial charge in [0.2, 0.25) is 0 Å². The van der Waals surface area contributed by atoms with E-state index < -0.39 is 0 Å². The van der Waals surface area contributed by atoms with Crippen LogP contribution in [0.25, 0.3) is 0 Å². The van der Waals surface area contributed by atoms with Gasteiger partial charge in [0.05, 0.1) is 0 Å². The predicted octanol–water partition coefficient (Wildman–Crippen LogP) is 3.80. The minimum Gasteiger partial charge on any atom is -0.361 e. The zero-order chi connectivity index (χ0) is 13.5.